The summed E-state index contributed by atoms with van der Waals surface area (Å²) in [6.45, 7) is 2.73. The first-order valence-corrected chi connectivity index (χ1v) is 5.75. The van der Waals surface area contributed by atoms with Crippen molar-refractivity contribution in [3.8, 4) is 0 Å². The van der Waals surface area contributed by atoms with Gasteiger partial charge in [0, 0.05) is 16.6 Å². The van der Waals surface area contributed by atoms with Crippen LogP contribution < -0.4 is 5.32 Å². The van der Waals surface area contributed by atoms with Gasteiger partial charge in [0.1, 0.15) is 5.82 Å². The van der Waals surface area contributed by atoms with Crippen LogP contribution in [-0.2, 0) is 0 Å². The van der Waals surface area contributed by atoms with Crippen molar-refractivity contribution >= 4 is 11.6 Å². The molecule has 0 bridgehead atoms. The van der Waals surface area contributed by atoms with Gasteiger partial charge in [-0.05, 0) is 44.0 Å². The van der Waals surface area contributed by atoms with E-state index in [2.05, 4.69) is 5.32 Å². The van der Waals surface area contributed by atoms with E-state index in [0.29, 0.717) is 10.6 Å². The van der Waals surface area contributed by atoms with Gasteiger partial charge in [0.25, 0.3) is 0 Å². The Morgan fingerprint density at radius 3 is 2.87 bits per heavy atom. The summed E-state index contributed by atoms with van der Waals surface area (Å²) in [5.74, 6) is -0.112. The average molecular weight is 228 g/mol. The summed E-state index contributed by atoms with van der Waals surface area (Å²) in [6, 6.07) is 3.55. The van der Waals surface area contributed by atoms with E-state index in [1.54, 1.807) is 19.1 Å². The maximum atomic E-state index is 13.9. The summed E-state index contributed by atoms with van der Waals surface area (Å²) in [5, 5.41) is 3.95. The highest BCUT2D eigenvalue weighted by atomic mass is 35.5. The molecule has 82 valence electrons. The van der Waals surface area contributed by atoms with Crippen LogP contribution in [0.15, 0.2) is 12.1 Å². The molecule has 1 aromatic rings. The molecule has 0 aliphatic carbocycles. The fraction of sp³-hybridized carbons (Fsp3) is 0.500. The minimum Gasteiger partial charge on any atom is -0.310 e. The maximum absolute atomic E-state index is 13.9. The summed E-state index contributed by atoms with van der Waals surface area (Å²) in [6.07, 6.45) is 3.33. The summed E-state index contributed by atoms with van der Waals surface area (Å²) in [5.41, 5.74) is 1.35. The molecular formula is C12H15ClFN. The Kier molecular flexibility index (Phi) is 3.27. The molecule has 1 aliphatic heterocycles. The molecule has 1 fully saturated rings. The molecule has 0 amide bonds. The molecule has 1 N–H and O–H groups in total. The van der Waals surface area contributed by atoms with Gasteiger partial charge in [-0.15, -0.1) is 0 Å². The minimum atomic E-state index is -0.112. The number of piperidine rings is 1. The number of rotatable bonds is 1. The molecule has 2 rings (SSSR count). The number of hydrogen-bond acceptors (Lipinski definition) is 1. The molecule has 0 saturated carbocycles. The molecule has 1 nitrogen and oxygen atoms in total. The van der Waals surface area contributed by atoms with Gasteiger partial charge in [0.2, 0.25) is 0 Å². The zero-order valence-electron chi connectivity index (χ0n) is 8.82. The van der Waals surface area contributed by atoms with E-state index in [9.17, 15) is 4.39 Å². The summed E-state index contributed by atoms with van der Waals surface area (Å²) < 4.78 is 13.9. The van der Waals surface area contributed by atoms with Crippen LogP contribution in [0, 0.1) is 12.7 Å². The van der Waals surface area contributed by atoms with E-state index in [1.807, 2.05) is 0 Å². The zero-order chi connectivity index (χ0) is 10.8. The standard InChI is InChI=1S/C12H15ClFN/c1-8-6-9(13)7-10(12(8)14)11-4-2-3-5-15-11/h6-7,11,15H,2-5H2,1H3. The van der Waals surface area contributed by atoms with Crippen LogP contribution in [0.1, 0.15) is 36.4 Å². The van der Waals surface area contributed by atoms with Crippen molar-refractivity contribution in [1.29, 1.82) is 0 Å². The van der Waals surface area contributed by atoms with Crippen molar-refractivity contribution in [1.82, 2.24) is 5.32 Å². The van der Waals surface area contributed by atoms with Crippen molar-refractivity contribution in [3.63, 3.8) is 0 Å². The highest BCUT2D eigenvalue weighted by molar-refractivity contribution is 6.30. The molecule has 0 aromatic heterocycles. The van der Waals surface area contributed by atoms with Crippen molar-refractivity contribution < 1.29 is 4.39 Å². The van der Waals surface area contributed by atoms with Crippen LogP contribution in [0.25, 0.3) is 0 Å². The van der Waals surface area contributed by atoms with Gasteiger partial charge >= 0.3 is 0 Å². The fourth-order valence-corrected chi connectivity index (χ4v) is 2.40. The molecule has 0 spiro atoms. The van der Waals surface area contributed by atoms with Crippen LogP contribution in [-0.4, -0.2) is 6.54 Å². The van der Waals surface area contributed by atoms with Crippen LogP contribution in [0.4, 0.5) is 4.39 Å². The highest BCUT2D eigenvalue weighted by Gasteiger charge is 2.19. The first-order valence-electron chi connectivity index (χ1n) is 5.37. The maximum Gasteiger partial charge on any atom is 0.130 e. The lowest BCUT2D eigenvalue weighted by molar-refractivity contribution is 0.399. The first kappa shape index (κ1) is 10.9. The van der Waals surface area contributed by atoms with E-state index in [0.717, 1.165) is 24.9 Å². The zero-order valence-corrected chi connectivity index (χ0v) is 9.57. The van der Waals surface area contributed by atoms with Gasteiger partial charge in [-0.2, -0.15) is 0 Å². The third-order valence-electron chi connectivity index (χ3n) is 2.93. The number of halogens is 2. The Balaban J connectivity index is 2.33. The normalized spacial score (nSPS) is 21.7. The minimum absolute atomic E-state index is 0.112. The van der Waals surface area contributed by atoms with Crippen molar-refractivity contribution in [2.45, 2.75) is 32.2 Å². The highest BCUT2D eigenvalue weighted by Crippen LogP contribution is 2.29. The number of aryl methyl sites for hydroxylation is 1. The number of nitrogens with one attached hydrogen (secondary N) is 1. The summed E-state index contributed by atoms with van der Waals surface area (Å²) >= 11 is 5.95. The quantitative estimate of drug-likeness (QED) is 0.773. The molecule has 15 heavy (non-hydrogen) atoms. The van der Waals surface area contributed by atoms with Gasteiger partial charge in [0.05, 0.1) is 0 Å². The molecule has 1 atom stereocenters. The van der Waals surface area contributed by atoms with E-state index >= 15 is 0 Å². The third-order valence-corrected chi connectivity index (χ3v) is 3.15. The lowest BCUT2D eigenvalue weighted by atomic mass is 9.96. The molecule has 3 heteroatoms. The Labute approximate surface area is 94.6 Å². The van der Waals surface area contributed by atoms with Gasteiger partial charge in [-0.1, -0.05) is 18.0 Å². The third kappa shape index (κ3) is 2.32. The summed E-state index contributed by atoms with van der Waals surface area (Å²) in [4.78, 5) is 0. The Morgan fingerprint density at radius 1 is 1.40 bits per heavy atom. The van der Waals surface area contributed by atoms with E-state index < -0.39 is 0 Å². The monoisotopic (exact) mass is 227 g/mol. The van der Waals surface area contributed by atoms with Crippen molar-refractivity contribution in [3.05, 3.63) is 34.1 Å². The second kappa shape index (κ2) is 4.50. The summed E-state index contributed by atoms with van der Waals surface area (Å²) in [7, 11) is 0. The Morgan fingerprint density at radius 2 is 2.20 bits per heavy atom. The molecule has 0 radical (unpaired) electrons. The van der Waals surface area contributed by atoms with Crippen LogP contribution in [0.5, 0.6) is 0 Å². The van der Waals surface area contributed by atoms with Crippen LogP contribution >= 0.6 is 11.6 Å². The molecule has 1 aromatic carbocycles. The molecule has 1 saturated heterocycles. The van der Waals surface area contributed by atoms with Crippen LogP contribution in [0.2, 0.25) is 5.02 Å². The second-order valence-electron chi connectivity index (χ2n) is 4.13. The lowest BCUT2D eigenvalue weighted by Gasteiger charge is -2.24. The van der Waals surface area contributed by atoms with Gasteiger partial charge < -0.3 is 5.32 Å². The fourth-order valence-electron chi connectivity index (χ4n) is 2.12. The Bertz CT molecular complexity index is 359. The number of benzene rings is 1. The predicted molar refractivity (Wildman–Crippen MR) is 60.7 cm³/mol. The second-order valence-corrected chi connectivity index (χ2v) is 4.56. The van der Waals surface area contributed by atoms with E-state index in [1.165, 1.54) is 6.42 Å². The Hall–Kier alpha value is -0.600. The van der Waals surface area contributed by atoms with Crippen LogP contribution in [0.3, 0.4) is 0 Å². The molecule has 1 heterocycles. The average Bonchev–Trinajstić information content (AvgIpc) is 2.24. The number of hydrogen-bond donors (Lipinski definition) is 1. The smallest absolute Gasteiger partial charge is 0.130 e. The van der Waals surface area contributed by atoms with Gasteiger partial charge in [-0.25, -0.2) is 4.39 Å². The molecule has 1 aliphatic rings. The SMILES string of the molecule is Cc1cc(Cl)cc(C2CCCCN2)c1F. The van der Waals surface area contributed by atoms with Crippen molar-refractivity contribution in [2.75, 3.05) is 6.54 Å². The van der Waals surface area contributed by atoms with E-state index in [-0.39, 0.29) is 11.9 Å². The predicted octanol–water partition coefficient (Wildman–Crippen LogP) is 3.60. The topological polar surface area (TPSA) is 12.0 Å². The van der Waals surface area contributed by atoms with E-state index in [4.69, 9.17) is 11.6 Å². The lowest BCUT2D eigenvalue weighted by Crippen LogP contribution is -2.27. The van der Waals surface area contributed by atoms with Gasteiger partial charge in [0.15, 0.2) is 0 Å². The van der Waals surface area contributed by atoms with Crippen molar-refractivity contribution in [2.24, 2.45) is 0 Å². The molecular weight excluding hydrogens is 213 g/mol. The first-order chi connectivity index (χ1) is 7.18. The largest absolute Gasteiger partial charge is 0.310 e. The molecule has 1 unspecified atom stereocenters. The van der Waals surface area contributed by atoms with Gasteiger partial charge in [-0.3, -0.25) is 0 Å².